The Balaban J connectivity index is 1.40. The Morgan fingerprint density at radius 2 is 1.74 bits per heavy atom. The van der Waals surface area contributed by atoms with E-state index in [9.17, 15) is 9.59 Å². The highest BCUT2D eigenvalue weighted by molar-refractivity contribution is 5.90. The lowest BCUT2D eigenvalue weighted by atomic mass is 10.1. The van der Waals surface area contributed by atoms with E-state index >= 15 is 0 Å². The molecule has 0 N–H and O–H groups in total. The summed E-state index contributed by atoms with van der Waals surface area (Å²) in [6.45, 7) is 1.65. The van der Waals surface area contributed by atoms with Crippen molar-refractivity contribution in [1.29, 1.82) is 0 Å². The van der Waals surface area contributed by atoms with Gasteiger partial charge in [-0.2, -0.15) is 0 Å². The van der Waals surface area contributed by atoms with Gasteiger partial charge in [-0.25, -0.2) is 4.79 Å². The lowest BCUT2D eigenvalue weighted by Crippen LogP contribution is -2.23. The van der Waals surface area contributed by atoms with Crippen molar-refractivity contribution in [3.63, 3.8) is 0 Å². The van der Waals surface area contributed by atoms with E-state index in [-0.39, 0.29) is 18.5 Å². The molecule has 0 spiro atoms. The summed E-state index contributed by atoms with van der Waals surface area (Å²) in [4.78, 5) is 25.9. The molecule has 0 saturated carbocycles. The van der Waals surface area contributed by atoms with Crippen molar-refractivity contribution in [3.05, 3.63) is 83.4 Å². The van der Waals surface area contributed by atoms with Gasteiger partial charge in [0.1, 0.15) is 6.61 Å². The summed E-state index contributed by atoms with van der Waals surface area (Å²) in [5, 5.41) is 2.23. The van der Waals surface area contributed by atoms with E-state index < -0.39 is 0 Å². The predicted octanol–water partition coefficient (Wildman–Crippen LogP) is 4.32. The van der Waals surface area contributed by atoms with Crippen molar-refractivity contribution < 1.29 is 14.3 Å². The molecule has 1 aliphatic heterocycles. The normalized spacial score (nSPS) is 13.9. The van der Waals surface area contributed by atoms with Gasteiger partial charge < -0.3 is 9.64 Å². The second-order valence-electron chi connectivity index (χ2n) is 6.83. The number of benzene rings is 3. The Kier molecular flexibility index (Phi) is 4.88. The molecule has 136 valence electrons. The fourth-order valence-corrected chi connectivity index (χ4v) is 3.48. The molecule has 1 amide bonds. The zero-order valence-corrected chi connectivity index (χ0v) is 15.1. The minimum absolute atomic E-state index is 0.202. The van der Waals surface area contributed by atoms with E-state index in [2.05, 4.69) is 0 Å². The lowest BCUT2D eigenvalue weighted by molar-refractivity contribution is -0.128. The summed E-state index contributed by atoms with van der Waals surface area (Å²) in [6.07, 6.45) is 1.57. The van der Waals surface area contributed by atoms with E-state index in [4.69, 9.17) is 4.74 Å². The largest absolute Gasteiger partial charge is 0.457 e. The molecule has 1 heterocycles. The lowest BCUT2D eigenvalue weighted by Gasteiger charge is -2.15. The highest BCUT2D eigenvalue weighted by Crippen LogP contribution is 2.20. The van der Waals surface area contributed by atoms with E-state index in [1.807, 2.05) is 59.5 Å². The molecule has 0 unspecified atom stereocenters. The molecule has 1 saturated heterocycles. The number of fused-ring (bicyclic) bond motifs is 1. The van der Waals surface area contributed by atoms with Gasteiger partial charge in [-0.1, -0.05) is 54.6 Å². The molecule has 0 aliphatic carbocycles. The van der Waals surface area contributed by atoms with E-state index in [1.54, 1.807) is 12.1 Å². The molecule has 0 radical (unpaired) electrons. The van der Waals surface area contributed by atoms with Gasteiger partial charge in [0.25, 0.3) is 0 Å². The molecule has 4 rings (SSSR count). The van der Waals surface area contributed by atoms with Crippen molar-refractivity contribution in [2.24, 2.45) is 0 Å². The number of esters is 1. The first-order valence-electron chi connectivity index (χ1n) is 9.21. The van der Waals surface area contributed by atoms with Crippen molar-refractivity contribution in [2.75, 3.05) is 6.54 Å². The first-order chi connectivity index (χ1) is 13.2. The Hall–Kier alpha value is -3.14. The van der Waals surface area contributed by atoms with E-state index in [0.29, 0.717) is 18.5 Å². The topological polar surface area (TPSA) is 46.6 Å². The van der Waals surface area contributed by atoms with Gasteiger partial charge in [-0.3, -0.25) is 4.79 Å². The molecule has 0 bridgehead atoms. The van der Waals surface area contributed by atoms with Gasteiger partial charge in [0.15, 0.2) is 0 Å². The molecule has 4 nitrogen and oxygen atoms in total. The van der Waals surface area contributed by atoms with Crippen LogP contribution in [-0.4, -0.2) is 23.3 Å². The van der Waals surface area contributed by atoms with Crippen LogP contribution in [0.4, 0.5) is 0 Å². The standard InChI is InChI=1S/C23H21NO3/c25-22-9-4-14-24(22)15-17-10-12-19(13-11-17)23(26)27-16-20-7-3-6-18-5-1-2-8-21(18)20/h1-3,5-8,10-13H,4,9,14-16H2. The van der Waals surface area contributed by atoms with Crippen LogP contribution in [0.5, 0.6) is 0 Å². The van der Waals surface area contributed by atoms with Gasteiger partial charge in [0, 0.05) is 19.5 Å². The number of ether oxygens (including phenoxy) is 1. The van der Waals surface area contributed by atoms with E-state index in [0.717, 1.165) is 34.9 Å². The molecule has 0 aromatic heterocycles. The van der Waals surface area contributed by atoms with Crippen LogP contribution in [0.15, 0.2) is 66.7 Å². The average molecular weight is 359 g/mol. The Labute approximate surface area is 158 Å². The van der Waals surface area contributed by atoms with Gasteiger partial charge in [-0.15, -0.1) is 0 Å². The smallest absolute Gasteiger partial charge is 0.338 e. The molecular weight excluding hydrogens is 338 g/mol. The SMILES string of the molecule is O=C(OCc1cccc2ccccc12)c1ccc(CN2CCCC2=O)cc1. The van der Waals surface area contributed by atoms with Crippen molar-refractivity contribution >= 4 is 22.6 Å². The highest BCUT2D eigenvalue weighted by atomic mass is 16.5. The number of carbonyl (C=O) groups is 2. The molecule has 1 aliphatic rings. The second kappa shape index (κ2) is 7.62. The average Bonchev–Trinajstić information content (AvgIpc) is 3.11. The first kappa shape index (κ1) is 17.3. The molecule has 1 fully saturated rings. The summed E-state index contributed by atoms with van der Waals surface area (Å²) in [7, 11) is 0. The Morgan fingerprint density at radius 1 is 0.963 bits per heavy atom. The Morgan fingerprint density at radius 3 is 2.52 bits per heavy atom. The van der Waals surface area contributed by atoms with Gasteiger partial charge in [-0.05, 0) is 40.5 Å². The fraction of sp³-hybridized carbons (Fsp3) is 0.217. The maximum atomic E-state index is 12.4. The van der Waals surface area contributed by atoms with Crippen LogP contribution in [-0.2, 0) is 22.7 Å². The van der Waals surface area contributed by atoms with Crippen LogP contribution >= 0.6 is 0 Å². The summed E-state index contributed by atoms with van der Waals surface area (Å²) < 4.78 is 5.51. The molecule has 3 aromatic rings. The van der Waals surface area contributed by atoms with Crippen LogP contribution in [0.3, 0.4) is 0 Å². The number of nitrogens with zero attached hydrogens (tertiary/aromatic N) is 1. The van der Waals surface area contributed by atoms with Crippen molar-refractivity contribution in [3.8, 4) is 0 Å². The van der Waals surface area contributed by atoms with Gasteiger partial charge in [0.05, 0.1) is 5.56 Å². The molecular formula is C23H21NO3. The van der Waals surface area contributed by atoms with Crippen molar-refractivity contribution in [1.82, 2.24) is 4.90 Å². The van der Waals surface area contributed by atoms with Crippen LogP contribution in [0.2, 0.25) is 0 Å². The maximum Gasteiger partial charge on any atom is 0.338 e. The number of carbonyl (C=O) groups excluding carboxylic acids is 2. The zero-order valence-electron chi connectivity index (χ0n) is 15.1. The van der Waals surface area contributed by atoms with Crippen molar-refractivity contribution in [2.45, 2.75) is 26.0 Å². The number of hydrogen-bond acceptors (Lipinski definition) is 3. The summed E-state index contributed by atoms with van der Waals surface area (Å²) in [6, 6.07) is 21.4. The second-order valence-corrected chi connectivity index (χ2v) is 6.83. The van der Waals surface area contributed by atoms with Crippen LogP contribution in [0.25, 0.3) is 10.8 Å². The minimum Gasteiger partial charge on any atom is -0.457 e. The third-order valence-corrected chi connectivity index (χ3v) is 4.97. The summed E-state index contributed by atoms with van der Waals surface area (Å²) >= 11 is 0. The van der Waals surface area contributed by atoms with Crippen LogP contribution in [0, 0.1) is 0 Å². The fourth-order valence-electron chi connectivity index (χ4n) is 3.48. The van der Waals surface area contributed by atoms with Crippen LogP contribution < -0.4 is 0 Å². The highest BCUT2D eigenvalue weighted by Gasteiger charge is 2.20. The van der Waals surface area contributed by atoms with Gasteiger partial charge in [0.2, 0.25) is 5.91 Å². The Bertz CT molecular complexity index is 973. The quantitative estimate of drug-likeness (QED) is 0.638. The zero-order chi connectivity index (χ0) is 18.6. The summed E-state index contributed by atoms with van der Waals surface area (Å²) in [5.74, 6) is -0.139. The van der Waals surface area contributed by atoms with Gasteiger partial charge >= 0.3 is 5.97 Å². The molecule has 27 heavy (non-hydrogen) atoms. The molecule has 3 aromatic carbocycles. The first-order valence-corrected chi connectivity index (χ1v) is 9.21. The molecule has 4 heteroatoms. The maximum absolute atomic E-state index is 12.4. The number of amides is 1. The monoisotopic (exact) mass is 359 g/mol. The molecule has 0 atom stereocenters. The summed E-state index contributed by atoms with van der Waals surface area (Å²) in [5.41, 5.74) is 2.54. The number of rotatable bonds is 5. The number of likely N-dealkylation sites (tertiary alicyclic amines) is 1. The third kappa shape index (κ3) is 3.85. The predicted molar refractivity (Wildman–Crippen MR) is 104 cm³/mol. The number of hydrogen-bond donors (Lipinski definition) is 0. The third-order valence-electron chi connectivity index (χ3n) is 4.97. The van der Waals surface area contributed by atoms with Crippen LogP contribution in [0.1, 0.15) is 34.3 Å². The minimum atomic E-state index is -0.341. The van der Waals surface area contributed by atoms with E-state index in [1.165, 1.54) is 0 Å².